The zero-order chi connectivity index (χ0) is 18.7. The first-order chi connectivity index (χ1) is 12.4. The maximum atomic E-state index is 13.0. The van der Waals surface area contributed by atoms with E-state index in [2.05, 4.69) is 0 Å². The van der Waals surface area contributed by atoms with E-state index in [1.807, 2.05) is 30.3 Å². The van der Waals surface area contributed by atoms with Gasteiger partial charge in [0, 0.05) is 19.7 Å². The zero-order valence-electron chi connectivity index (χ0n) is 14.8. The third-order valence-electron chi connectivity index (χ3n) is 4.25. The van der Waals surface area contributed by atoms with Crippen LogP contribution in [0.4, 0.5) is 0 Å². The van der Waals surface area contributed by atoms with Crippen molar-refractivity contribution in [1.29, 1.82) is 0 Å². The SMILES string of the molecule is CN(C)N(C(=O)c1cccc(Oc2ccccc2)c1)C1CCS(=O)(=O)C1. The van der Waals surface area contributed by atoms with Crippen molar-refractivity contribution in [3.63, 3.8) is 0 Å². The number of carbonyl (C=O) groups excluding carboxylic acids is 1. The normalized spacial score (nSPS) is 18.7. The number of carbonyl (C=O) groups is 1. The fourth-order valence-corrected chi connectivity index (χ4v) is 4.78. The van der Waals surface area contributed by atoms with Gasteiger partial charge in [-0.05, 0) is 36.8 Å². The van der Waals surface area contributed by atoms with E-state index >= 15 is 0 Å². The molecule has 3 rings (SSSR count). The molecule has 138 valence electrons. The lowest BCUT2D eigenvalue weighted by molar-refractivity contribution is 0.000988. The Morgan fingerprint density at radius 1 is 1.04 bits per heavy atom. The summed E-state index contributed by atoms with van der Waals surface area (Å²) < 4.78 is 29.4. The van der Waals surface area contributed by atoms with Gasteiger partial charge in [-0.2, -0.15) is 0 Å². The van der Waals surface area contributed by atoms with Crippen LogP contribution in [0.1, 0.15) is 16.8 Å². The number of hydrazine groups is 1. The van der Waals surface area contributed by atoms with Gasteiger partial charge in [-0.15, -0.1) is 0 Å². The second-order valence-corrected chi connectivity index (χ2v) is 8.73. The summed E-state index contributed by atoms with van der Waals surface area (Å²) >= 11 is 0. The Balaban J connectivity index is 1.82. The number of benzene rings is 2. The fraction of sp³-hybridized carbons (Fsp3) is 0.316. The third kappa shape index (κ3) is 4.23. The molecule has 1 amide bonds. The topological polar surface area (TPSA) is 66.9 Å². The predicted octanol–water partition coefficient (Wildman–Crippen LogP) is 2.58. The molecule has 0 aromatic heterocycles. The first kappa shape index (κ1) is 18.4. The first-order valence-electron chi connectivity index (χ1n) is 8.40. The maximum absolute atomic E-state index is 13.0. The van der Waals surface area contributed by atoms with Crippen molar-refractivity contribution in [3.8, 4) is 11.5 Å². The molecule has 0 spiro atoms. The van der Waals surface area contributed by atoms with Crippen molar-refractivity contribution in [2.45, 2.75) is 12.5 Å². The van der Waals surface area contributed by atoms with Crippen molar-refractivity contribution in [2.75, 3.05) is 25.6 Å². The van der Waals surface area contributed by atoms with Gasteiger partial charge in [0.1, 0.15) is 11.5 Å². The average Bonchev–Trinajstić information content (AvgIpc) is 2.95. The highest BCUT2D eigenvalue weighted by Gasteiger charge is 2.36. The molecule has 0 saturated carbocycles. The molecule has 1 aliphatic heterocycles. The van der Waals surface area contributed by atoms with Gasteiger partial charge in [0.2, 0.25) is 0 Å². The van der Waals surface area contributed by atoms with E-state index in [4.69, 9.17) is 4.74 Å². The standard InChI is InChI=1S/C19H22N2O4S/c1-20(2)21(16-11-12-26(23,24)14-16)19(22)15-7-6-10-18(13-15)25-17-8-4-3-5-9-17/h3-10,13,16H,11-12,14H2,1-2H3. The number of ether oxygens (including phenoxy) is 1. The van der Waals surface area contributed by atoms with E-state index in [1.165, 1.54) is 5.01 Å². The molecular formula is C19H22N2O4S. The summed E-state index contributed by atoms with van der Waals surface area (Å²) in [6.07, 6.45) is 0.451. The Morgan fingerprint density at radius 3 is 2.35 bits per heavy atom. The molecule has 0 N–H and O–H groups in total. The zero-order valence-corrected chi connectivity index (χ0v) is 15.6. The van der Waals surface area contributed by atoms with Gasteiger partial charge in [0.25, 0.3) is 5.91 Å². The number of nitrogens with zero attached hydrogens (tertiary/aromatic N) is 2. The number of sulfone groups is 1. The second kappa shape index (κ2) is 7.47. The molecule has 2 aromatic rings. The fourth-order valence-electron chi connectivity index (χ4n) is 3.09. The summed E-state index contributed by atoms with van der Waals surface area (Å²) in [5.74, 6) is 1.11. The lowest BCUT2D eigenvalue weighted by Crippen LogP contribution is -2.49. The summed E-state index contributed by atoms with van der Waals surface area (Å²) in [7, 11) is 0.403. The molecule has 1 saturated heterocycles. The monoisotopic (exact) mass is 374 g/mol. The molecule has 1 aliphatic rings. The van der Waals surface area contributed by atoms with Gasteiger partial charge < -0.3 is 4.74 Å². The minimum Gasteiger partial charge on any atom is -0.457 e. The van der Waals surface area contributed by atoms with Crippen molar-refractivity contribution in [1.82, 2.24) is 10.0 Å². The Labute approximate surface area is 153 Å². The van der Waals surface area contributed by atoms with Gasteiger partial charge >= 0.3 is 0 Å². The van der Waals surface area contributed by atoms with Crippen LogP contribution in [0.5, 0.6) is 11.5 Å². The van der Waals surface area contributed by atoms with E-state index in [0.717, 1.165) is 0 Å². The number of hydrogen-bond acceptors (Lipinski definition) is 5. The van der Waals surface area contributed by atoms with E-state index in [1.54, 1.807) is 43.4 Å². The smallest absolute Gasteiger partial charge is 0.268 e. The van der Waals surface area contributed by atoms with E-state index < -0.39 is 9.84 Å². The molecule has 1 unspecified atom stereocenters. The van der Waals surface area contributed by atoms with Crippen LogP contribution in [0.25, 0.3) is 0 Å². The summed E-state index contributed by atoms with van der Waals surface area (Å²) in [6.45, 7) is 0. The Hall–Kier alpha value is -2.38. The number of rotatable bonds is 5. The van der Waals surface area contributed by atoms with Crippen molar-refractivity contribution >= 4 is 15.7 Å². The number of hydrogen-bond donors (Lipinski definition) is 0. The third-order valence-corrected chi connectivity index (χ3v) is 6.00. The Kier molecular flexibility index (Phi) is 5.29. The molecule has 2 aromatic carbocycles. The van der Waals surface area contributed by atoms with Gasteiger partial charge in [0.15, 0.2) is 9.84 Å². The minimum atomic E-state index is -3.08. The maximum Gasteiger partial charge on any atom is 0.268 e. The first-order valence-corrected chi connectivity index (χ1v) is 10.2. The lowest BCUT2D eigenvalue weighted by Gasteiger charge is -2.33. The molecule has 7 heteroatoms. The lowest BCUT2D eigenvalue weighted by atomic mass is 10.1. The van der Waals surface area contributed by atoms with Crippen molar-refractivity contribution in [2.24, 2.45) is 0 Å². The average molecular weight is 374 g/mol. The number of para-hydroxylation sites is 1. The van der Waals surface area contributed by atoms with Gasteiger partial charge in [-0.1, -0.05) is 24.3 Å². The van der Waals surface area contributed by atoms with Crippen LogP contribution in [0.3, 0.4) is 0 Å². The molecule has 6 nitrogen and oxygen atoms in total. The van der Waals surface area contributed by atoms with Crippen LogP contribution in [-0.2, 0) is 9.84 Å². The molecule has 26 heavy (non-hydrogen) atoms. The molecule has 0 radical (unpaired) electrons. The highest BCUT2D eigenvalue weighted by Crippen LogP contribution is 2.25. The van der Waals surface area contributed by atoms with Crippen LogP contribution >= 0.6 is 0 Å². The minimum absolute atomic E-state index is 0.00285. The predicted molar refractivity (Wildman–Crippen MR) is 99.9 cm³/mol. The van der Waals surface area contributed by atoms with Crippen LogP contribution in [0.15, 0.2) is 54.6 Å². The summed E-state index contributed by atoms with van der Waals surface area (Å²) in [4.78, 5) is 13.0. The molecule has 0 aliphatic carbocycles. The van der Waals surface area contributed by atoms with Gasteiger partial charge in [0.05, 0.1) is 17.5 Å². The molecule has 1 atom stereocenters. The molecule has 1 heterocycles. The number of amides is 1. The highest BCUT2D eigenvalue weighted by molar-refractivity contribution is 7.91. The Morgan fingerprint density at radius 2 is 1.73 bits per heavy atom. The summed E-state index contributed by atoms with van der Waals surface area (Å²) in [6, 6.07) is 15.9. The van der Waals surface area contributed by atoms with Crippen LogP contribution in [0.2, 0.25) is 0 Å². The largest absolute Gasteiger partial charge is 0.457 e. The van der Waals surface area contributed by atoms with Gasteiger partial charge in [-0.25, -0.2) is 13.4 Å². The van der Waals surface area contributed by atoms with Crippen LogP contribution in [-0.4, -0.2) is 56.0 Å². The molecular weight excluding hydrogens is 352 g/mol. The van der Waals surface area contributed by atoms with Crippen LogP contribution < -0.4 is 4.74 Å². The van der Waals surface area contributed by atoms with Gasteiger partial charge in [-0.3, -0.25) is 9.80 Å². The summed E-state index contributed by atoms with van der Waals surface area (Å²) in [5.41, 5.74) is 0.455. The Bertz CT molecular complexity index is 881. The van der Waals surface area contributed by atoms with E-state index in [0.29, 0.717) is 23.5 Å². The molecule has 1 fully saturated rings. The second-order valence-electron chi connectivity index (χ2n) is 6.50. The molecule has 0 bridgehead atoms. The van der Waals surface area contributed by atoms with Crippen molar-refractivity contribution < 1.29 is 17.9 Å². The highest BCUT2D eigenvalue weighted by atomic mass is 32.2. The summed E-state index contributed by atoms with van der Waals surface area (Å²) in [5, 5.41) is 3.17. The van der Waals surface area contributed by atoms with Crippen molar-refractivity contribution in [3.05, 3.63) is 60.2 Å². The van der Waals surface area contributed by atoms with E-state index in [9.17, 15) is 13.2 Å². The van der Waals surface area contributed by atoms with Crippen LogP contribution in [0, 0.1) is 0 Å². The quantitative estimate of drug-likeness (QED) is 0.753. The van der Waals surface area contributed by atoms with E-state index in [-0.39, 0.29) is 23.5 Å².